The highest BCUT2D eigenvalue weighted by atomic mass is 32.2. The van der Waals surface area contributed by atoms with Crippen LogP contribution >= 0.6 is 11.8 Å². The molecule has 5 heteroatoms. The fourth-order valence-electron chi connectivity index (χ4n) is 1.02. The van der Waals surface area contributed by atoms with Crippen molar-refractivity contribution in [2.45, 2.75) is 31.6 Å². The minimum absolute atomic E-state index is 0.00977. The van der Waals surface area contributed by atoms with Crippen molar-refractivity contribution in [1.82, 2.24) is 4.90 Å². The molecule has 0 saturated heterocycles. The first-order valence-corrected chi connectivity index (χ1v) is 6.11. The summed E-state index contributed by atoms with van der Waals surface area (Å²) >= 11 is 1.45. The summed E-state index contributed by atoms with van der Waals surface area (Å²) in [5, 5.41) is -0.279. The highest BCUT2D eigenvalue weighted by molar-refractivity contribution is 8.00. The van der Waals surface area contributed by atoms with Crippen LogP contribution in [0.5, 0.6) is 0 Å². The average Bonchev–Trinajstić information content (AvgIpc) is 2.22. The lowest BCUT2D eigenvalue weighted by Gasteiger charge is -2.25. The van der Waals surface area contributed by atoms with E-state index in [1.54, 1.807) is 11.9 Å². The Morgan fingerprint density at radius 2 is 2.13 bits per heavy atom. The van der Waals surface area contributed by atoms with E-state index >= 15 is 0 Å². The van der Waals surface area contributed by atoms with Gasteiger partial charge in [0, 0.05) is 31.8 Å². The number of amides is 1. The standard InChI is InChI=1S/C10H20N2O2S/c1-8(2)12(3)10(14)9(4-6-13)15-7-5-11/h6,8-9H,4-5,7,11H2,1-3H3. The fraction of sp³-hybridized carbons (Fsp3) is 0.800. The third kappa shape index (κ3) is 5.18. The minimum atomic E-state index is -0.279. The zero-order valence-corrected chi connectivity index (χ0v) is 10.4. The van der Waals surface area contributed by atoms with Crippen LogP contribution < -0.4 is 5.73 Å². The highest BCUT2D eigenvalue weighted by Gasteiger charge is 2.23. The summed E-state index contributed by atoms with van der Waals surface area (Å²) in [6.07, 6.45) is 1.06. The van der Waals surface area contributed by atoms with Gasteiger partial charge in [-0.05, 0) is 13.8 Å². The molecule has 0 fully saturated rings. The second-order valence-corrected chi connectivity index (χ2v) is 4.90. The van der Waals surface area contributed by atoms with Gasteiger partial charge in [-0.1, -0.05) is 0 Å². The smallest absolute Gasteiger partial charge is 0.236 e. The lowest BCUT2D eigenvalue weighted by molar-refractivity contribution is -0.131. The van der Waals surface area contributed by atoms with E-state index in [4.69, 9.17) is 5.73 Å². The van der Waals surface area contributed by atoms with E-state index in [0.717, 1.165) is 6.29 Å². The number of hydrogen-bond acceptors (Lipinski definition) is 4. The van der Waals surface area contributed by atoms with E-state index in [1.165, 1.54) is 11.8 Å². The highest BCUT2D eigenvalue weighted by Crippen LogP contribution is 2.16. The first kappa shape index (κ1) is 14.5. The molecule has 4 nitrogen and oxygen atoms in total. The molecule has 0 rings (SSSR count). The summed E-state index contributed by atoms with van der Waals surface area (Å²) in [4.78, 5) is 24.0. The van der Waals surface area contributed by atoms with E-state index < -0.39 is 0 Å². The summed E-state index contributed by atoms with van der Waals surface area (Å²) in [6, 6.07) is 0.158. The molecule has 0 spiro atoms. The molecule has 0 aromatic carbocycles. The van der Waals surface area contributed by atoms with Crippen LogP contribution in [0.3, 0.4) is 0 Å². The Hall–Kier alpha value is -0.550. The predicted octanol–water partition coefficient (Wildman–Crippen LogP) is 0.503. The molecule has 2 N–H and O–H groups in total. The second-order valence-electron chi connectivity index (χ2n) is 3.59. The number of aldehydes is 1. The molecule has 1 atom stereocenters. The van der Waals surface area contributed by atoms with Gasteiger partial charge in [0.05, 0.1) is 5.25 Å². The molecule has 1 amide bonds. The lowest BCUT2D eigenvalue weighted by atomic mass is 10.2. The Bertz CT molecular complexity index is 210. The van der Waals surface area contributed by atoms with E-state index in [1.807, 2.05) is 13.8 Å². The van der Waals surface area contributed by atoms with Crippen LogP contribution in [0, 0.1) is 0 Å². The Morgan fingerprint density at radius 1 is 1.53 bits per heavy atom. The first-order chi connectivity index (χ1) is 7.04. The molecular formula is C10H20N2O2S. The number of carbonyl (C=O) groups is 2. The van der Waals surface area contributed by atoms with Gasteiger partial charge in [-0.15, -0.1) is 11.8 Å². The van der Waals surface area contributed by atoms with Crippen molar-refractivity contribution in [3.8, 4) is 0 Å². The van der Waals surface area contributed by atoms with Gasteiger partial charge in [0.15, 0.2) is 0 Å². The van der Waals surface area contributed by atoms with Crippen molar-refractivity contribution >= 4 is 24.0 Å². The minimum Gasteiger partial charge on any atom is -0.342 e. The predicted molar refractivity (Wildman–Crippen MR) is 63.9 cm³/mol. The van der Waals surface area contributed by atoms with Crippen molar-refractivity contribution in [3.05, 3.63) is 0 Å². The maximum atomic E-state index is 11.9. The molecular weight excluding hydrogens is 212 g/mol. The Balaban J connectivity index is 4.32. The van der Waals surface area contributed by atoms with Crippen LogP contribution in [0.15, 0.2) is 0 Å². The molecule has 0 aliphatic rings. The zero-order chi connectivity index (χ0) is 11.8. The molecule has 0 radical (unpaired) electrons. The van der Waals surface area contributed by atoms with Crippen LogP contribution in [0.1, 0.15) is 20.3 Å². The van der Waals surface area contributed by atoms with Gasteiger partial charge >= 0.3 is 0 Å². The molecule has 88 valence electrons. The maximum Gasteiger partial charge on any atom is 0.236 e. The Labute approximate surface area is 95.6 Å². The molecule has 0 aromatic heterocycles. The molecule has 0 heterocycles. The van der Waals surface area contributed by atoms with Crippen LogP contribution in [-0.4, -0.2) is 47.7 Å². The Kier molecular flexibility index (Phi) is 7.42. The number of nitrogens with zero attached hydrogens (tertiary/aromatic N) is 1. The van der Waals surface area contributed by atoms with Crippen LogP contribution in [0.25, 0.3) is 0 Å². The molecule has 0 bridgehead atoms. The number of thioether (sulfide) groups is 1. The third-order valence-electron chi connectivity index (χ3n) is 2.14. The van der Waals surface area contributed by atoms with Crippen molar-refractivity contribution < 1.29 is 9.59 Å². The van der Waals surface area contributed by atoms with Crippen LogP contribution in [0.4, 0.5) is 0 Å². The van der Waals surface area contributed by atoms with Gasteiger partial charge in [0.25, 0.3) is 0 Å². The second kappa shape index (κ2) is 7.70. The lowest BCUT2D eigenvalue weighted by Crippen LogP contribution is -2.39. The number of carbonyl (C=O) groups excluding carboxylic acids is 2. The van der Waals surface area contributed by atoms with E-state index in [2.05, 4.69) is 0 Å². The first-order valence-electron chi connectivity index (χ1n) is 5.06. The third-order valence-corrected chi connectivity index (χ3v) is 3.41. The van der Waals surface area contributed by atoms with Crippen molar-refractivity contribution in [2.75, 3.05) is 19.3 Å². The van der Waals surface area contributed by atoms with Gasteiger partial charge in [-0.3, -0.25) is 4.79 Å². The summed E-state index contributed by atoms with van der Waals surface area (Å²) < 4.78 is 0. The van der Waals surface area contributed by atoms with E-state index in [-0.39, 0.29) is 23.6 Å². The molecule has 15 heavy (non-hydrogen) atoms. The van der Waals surface area contributed by atoms with Gasteiger partial charge in [-0.2, -0.15) is 0 Å². The molecule has 0 aliphatic heterocycles. The van der Waals surface area contributed by atoms with Crippen LogP contribution in [0.2, 0.25) is 0 Å². The summed E-state index contributed by atoms with van der Waals surface area (Å²) in [6.45, 7) is 4.42. The number of hydrogen-bond donors (Lipinski definition) is 1. The average molecular weight is 232 g/mol. The molecule has 0 aliphatic carbocycles. The van der Waals surface area contributed by atoms with E-state index in [9.17, 15) is 9.59 Å². The topological polar surface area (TPSA) is 63.4 Å². The maximum absolute atomic E-state index is 11.9. The van der Waals surface area contributed by atoms with Gasteiger partial charge in [0.1, 0.15) is 6.29 Å². The SMILES string of the molecule is CC(C)N(C)C(=O)C(CC=O)SCCN. The summed E-state index contributed by atoms with van der Waals surface area (Å²) in [7, 11) is 1.76. The molecule has 0 aromatic rings. The zero-order valence-electron chi connectivity index (χ0n) is 9.60. The number of rotatable bonds is 7. The number of nitrogens with two attached hydrogens (primary N) is 1. The quantitative estimate of drug-likeness (QED) is 0.649. The van der Waals surface area contributed by atoms with E-state index in [0.29, 0.717) is 12.3 Å². The molecule has 1 unspecified atom stereocenters. The fourth-order valence-corrected chi connectivity index (χ4v) is 1.96. The van der Waals surface area contributed by atoms with Crippen molar-refractivity contribution in [2.24, 2.45) is 5.73 Å². The Morgan fingerprint density at radius 3 is 2.53 bits per heavy atom. The largest absolute Gasteiger partial charge is 0.342 e. The summed E-state index contributed by atoms with van der Waals surface area (Å²) in [5.41, 5.74) is 5.37. The summed E-state index contributed by atoms with van der Waals surface area (Å²) in [5.74, 6) is 0.714. The van der Waals surface area contributed by atoms with Crippen LogP contribution in [-0.2, 0) is 9.59 Å². The van der Waals surface area contributed by atoms with Crippen molar-refractivity contribution in [1.29, 1.82) is 0 Å². The normalized spacial score (nSPS) is 12.6. The monoisotopic (exact) mass is 232 g/mol. The van der Waals surface area contributed by atoms with Gasteiger partial charge in [0.2, 0.25) is 5.91 Å². The van der Waals surface area contributed by atoms with Gasteiger partial charge < -0.3 is 15.4 Å². The van der Waals surface area contributed by atoms with Gasteiger partial charge in [-0.25, -0.2) is 0 Å². The molecule has 0 saturated carbocycles. The van der Waals surface area contributed by atoms with Crippen molar-refractivity contribution in [3.63, 3.8) is 0 Å².